The molecule has 172 valence electrons. The van der Waals surface area contributed by atoms with E-state index in [2.05, 4.69) is 64.7 Å². The number of aryl methyl sites for hydroxylation is 2. The molecule has 0 atom stereocenters. The summed E-state index contributed by atoms with van der Waals surface area (Å²) in [6, 6.07) is 8.94. The van der Waals surface area contributed by atoms with Crippen LogP contribution in [-0.4, -0.2) is 12.5 Å². The molecule has 0 spiro atoms. The molecule has 0 aliphatic carbocycles. The van der Waals surface area contributed by atoms with E-state index in [1.165, 1.54) is 29.8 Å². The highest BCUT2D eigenvalue weighted by Crippen LogP contribution is 2.38. The van der Waals surface area contributed by atoms with Gasteiger partial charge in [0.05, 0.1) is 0 Å². The fraction of sp³-hybridized carbons (Fsp3) is 0.519. The zero-order valence-corrected chi connectivity index (χ0v) is 20.4. The molecule has 0 aromatic heterocycles. The second-order valence-corrected chi connectivity index (χ2v) is 9.85. The molecule has 4 heteroatoms. The summed E-state index contributed by atoms with van der Waals surface area (Å²) in [7, 11) is 0. The van der Waals surface area contributed by atoms with Crippen LogP contribution in [0.5, 0.6) is 0 Å². The minimum absolute atomic E-state index is 0. The van der Waals surface area contributed by atoms with Gasteiger partial charge in [0, 0.05) is 32.3 Å². The number of hydrogen-bond acceptors (Lipinski definition) is 2. The van der Waals surface area contributed by atoms with E-state index < -0.39 is 0 Å². The number of nitrogens with one attached hydrogen (secondary N) is 1. The van der Waals surface area contributed by atoms with Crippen LogP contribution in [0.2, 0.25) is 0 Å². The summed E-state index contributed by atoms with van der Waals surface area (Å²) in [5.41, 5.74) is 6.76. The minimum atomic E-state index is -0.210. The monoisotopic (exact) mass is 428 g/mol. The third kappa shape index (κ3) is 7.09. The van der Waals surface area contributed by atoms with Crippen molar-refractivity contribution in [2.45, 2.75) is 80.7 Å². The zero-order chi connectivity index (χ0) is 23.2. The van der Waals surface area contributed by atoms with Gasteiger partial charge in [0.15, 0.2) is 0 Å². The molecule has 3 nitrogen and oxygen atoms in total. The Morgan fingerprint density at radius 1 is 1.16 bits per heavy atom. The summed E-state index contributed by atoms with van der Waals surface area (Å²) >= 11 is 0. The highest BCUT2D eigenvalue weighted by Gasteiger charge is 2.24. The average molecular weight is 429 g/mol. The normalized spacial score (nSPS) is 13.2. The Labute approximate surface area is 189 Å². The van der Waals surface area contributed by atoms with Crippen LogP contribution in [0.1, 0.15) is 77.6 Å². The van der Waals surface area contributed by atoms with Crippen molar-refractivity contribution in [1.82, 2.24) is 0 Å². The predicted molar refractivity (Wildman–Crippen MR) is 132 cm³/mol. The lowest BCUT2D eigenvalue weighted by atomic mass is 9.91. The number of amides is 1. The molecule has 1 aliphatic heterocycles. The van der Waals surface area contributed by atoms with Gasteiger partial charge in [-0.3, -0.25) is 4.79 Å². The Hall–Kier alpha value is -2.36. The van der Waals surface area contributed by atoms with E-state index >= 15 is 0 Å². The van der Waals surface area contributed by atoms with Crippen LogP contribution in [-0.2, 0) is 17.8 Å². The first-order valence-electron chi connectivity index (χ1n) is 11.5. The molecule has 1 N–H and O–H groups in total. The molecule has 0 saturated heterocycles. The van der Waals surface area contributed by atoms with Crippen LogP contribution in [0.15, 0.2) is 30.3 Å². The van der Waals surface area contributed by atoms with Gasteiger partial charge in [0.2, 0.25) is 5.91 Å². The van der Waals surface area contributed by atoms with E-state index in [1.54, 1.807) is 0 Å². The second kappa shape index (κ2) is 10.8. The van der Waals surface area contributed by atoms with Gasteiger partial charge in [-0.05, 0) is 66.5 Å². The summed E-state index contributed by atoms with van der Waals surface area (Å²) in [5, 5.41) is 3.16. The lowest BCUT2D eigenvalue weighted by Gasteiger charge is -2.34. The van der Waals surface area contributed by atoms with E-state index in [4.69, 9.17) is 0 Å². The molecule has 1 amide bonds. The summed E-state index contributed by atoms with van der Waals surface area (Å²) in [6.45, 7) is 16.3. The Morgan fingerprint density at radius 3 is 2.35 bits per heavy atom. The van der Waals surface area contributed by atoms with Crippen LogP contribution in [0.3, 0.4) is 0 Å². The summed E-state index contributed by atoms with van der Waals surface area (Å²) in [5.74, 6) is -0.155. The number of fused-ring (bicyclic) bond motifs is 1. The van der Waals surface area contributed by atoms with Crippen LogP contribution in [0, 0.1) is 25.1 Å². The van der Waals surface area contributed by atoms with Crippen molar-refractivity contribution < 1.29 is 10.6 Å². The second-order valence-electron chi connectivity index (χ2n) is 9.85. The Morgan fingerprint density at radius 2 is 1.77 bits per heavy atom. The third-order valence-corrected chi connectivity index (χ3v) is 5.25. The smallest absolute Gasteiger partial charge is 0.224 e. The number of nitrogens with zero attached hydrogens (tertiary/aromatic N) is 1. The quantitative estimate of drug-likeness (QED) is 0.549. The molecule has 3 rings (SSSR count). The van der Waals surface area contributed by atoms with Gasteiger partial charge in [-0.25, -0.2) is 4.39 Å². The zero-order valence-electron chi connectivity index (χ0n) is 20.4. The Balaban J connectivity index is 0.00000121. The molecular formula is C27H41FN2O. The molecular weight excluding hydrogens is 387 g/mol. The van der Waals surface area contributed by atoms with Gasteiger partial charge in [0.1, 0.15) is 5.82 Å². The molecule has 31 heavy (non-hydrogen) atoms. The maximum Gasteiger partial charge on any atom is 0.224 e. The molecule has 0 fully saturated rings. The lowest BCUT2D eigenvalue weighted by Crippen LogP contribution is -2.30. The molecule has 0 radical (unpaired) electrons. The minimum Gasteiger partial charge on any atom is -0.367 e. The van der Waals surface area contributed by atoms with E-state index in [9.17, 15) is 9.18 Å². The highest BCUT2D eigenvalue weighted by molar-refractivity contribution is 5.94. The summed E-state index contributed by atoms with van der Waals surface area (Å²) in [4.78, 5) is 14.9. The number of carbonyl (C=O) groups excluding carboxylic acids is 1. The van der Waals surface area contributed by atoms with Crippen molar-refractivity contribution in [2.24, 2.45) is 5.41 Å². The van der Waals surface area contributed by atoms with Gasteiger partial charge in [-0.1, -0.05) is 59.2 Å². The average Bonchev–Trinajstić information content (AvgIpc) is 2.66. The summed E-state index contributed by atoms with van der Waals surface area (Å²) in [6.07, 6.45) is 3.89. The summed E-state index contributed by atoms with van der Waals surface area (Å²) < 4.78 is 13.3. The maximum absolute atomic E-state index is 13.3. The lowest BCUT2D eigenvalue weighted by molar-refractivity contribution is -0.117. The fourth-order valence-electron chi connectivity index (χ4n) is 4.09. The molecule has 2 aromatic rings. The SMILES string of the molecule is CCC.Cc1cc2c(c(C)c1NC(=O)CC(C)(C)C)N(Cc1ccc(F)cc1)CCC2.[HH]. The Bertz CT molecular complexity index is 888. The fourth-order valence-corrected chi connectivity index (χ4v) is 4.09. The van der Waals surface area contributed by atoms with Crippen molar-refractivity contribution in [3.8, 4) is 0 Å². The van der Waals surface area contributed by atoms with Crippen LogP contribution >= 0.6 is 0 Å². The van der Waals surface area contributed by atoms with Crippen LogP contribution in [0.25, 0.3) is 0 Å². The first kappa shape index (κ1) is 24.9. The van der Waals surface area contributed by atoms with Crippen molar-refractivity contribution in [3.63, 3.8) is 0 Å². The van der Waals surface area contributed by atoms with Crippen molar-refractivity contribution in [2.75, 3.05) is 16.8 Å². The van der Waals surface area contributed by atoms with E-state index in [-0.39, 0.29) is 18.6 Å². The first-order chi connectivity index (χ1) is 14.6. The van der Waals surface area contributed by atoms with E-state index in [0.717, 1.165) is 48.3 Å². The highest BCUT2D eigenvalue weighted by atomic mass is 19.1. The van der Waals surface area contributed by atoms with Crippen molar-refractivity contribution >= 4 is 17.3 Å². The Kier molecular flexibility index (Phi) is 8.67. The molecule has 1 aliphatic rings. The maximum atomic E-state index is 13.3. The number of hydrogen-bond donors (Lipinski definition) is 1. The molecule has 0 saturated carbocycles. The van der Waals surface area contributed by atoms with Gasteiger partial charge < -0.3 is 10.2 Å². The standard InChI is InChI=1S/C24H31FN2O.C3H8.H2/c1-16-13-19-7-6-12-27(15-18-8-10-20(25)11-9-18)23(19)17(2)22(16)26-21(28)14-24(3,4)5;1-3-2;/h8-11,13H,6-7,12,14-15H2,1-5H3,(H,26,28);3H2,1-2H3;1H. The van der Waals surface area contributed by atoms with E-state index in [1.807, 2.05) is 12.1 Å². The van der Waals surface area contributed by atoms with Gasteiger partial charge >= 0.3 is 0 Å². The number of anilines is 2. The molecule has 0 bridgehead atoms. The largest absolute Gasteiger partial charge is 0.367 e. The van der Waals surface area contributed by atoms with Gasteiger partial charge in [-0.2, -0.15) is 0 Å². The van der Waals surface area contributed by atoms with E-state index in [0.29, 0.717) is 6.42 Å². The topological polar surface area (TPSA) is 32.3 Å². The number of benzene rings is 2. The molecule has 0 unspecified atom stereocenters. The predicted octanol–water partition coefficient (Wildman–Crippen LogP) is 7.43. The number of halogens is 1. The van der Waals surface area contributed by atoms with Crippen LogP contribution < -0.4 is 10.2 Å². The number of rotatable bonds is 4. The van der Waals surface area contributed by atoms with Crippen LogP contribution in [0.4, 0.5) is 15.8 Å². The first-order valence-corrected chi connectivity index (χ1v) is 11.5. The van der Waals surface area contributed by atoms with Crippen molar-refractivity contribution in [3.05, 3.63) is 58.4 Å². The third-order valence-electron chi connectivity index (χ3n) is 5.25. The van der Waals surface area contributed by atoms with Crippen molar-refractivity contribution in [1.29, 1.82) is 0 Å². The van der Waals surface area contributed by atoms with Gasteiger partial charge in [-0.15, -0.1) is 0 Å². The number of carbonyl (C=O) groups is 1. The van der Waals surface area contributed by atoms with Gasteiger partial charge in [0.25, 0.3) is 0 Å². The molecule has 2 aromatic carbocycles. The molecule has 1 heterocycles.